The van der Waals surface area contributed by atoms with Crippen LogP contribution in [0.4, 0.5) is 8.78 Å². The van der Waals surface area contributed by atoms with Gasteiger partial charge < -0.3 is 11.1 Å². The van der Waals surface area contributed by atoms with E-state index in [4.69, 9.17) is 5.73 Å². The lowest BCUT2D eigenvalue weighted by atomic mass is 9.87. The molecule has 86 valence electrons. The summed E-state index contributed by atoms with van der Waals surface area (Å²) < 4.78 is 25.0. The highest BCUT2D eigenvalue weighted by Crippen LogP contribution is 2.37. The number of amides is 1. The van der Waals surface area contributed by atoms with Gasteiger partial charge in [0, 0.05) is 30.8 Å². The minimum atomic E-state index is -2.57. The Kier molecular flexibility index (Phi) is 2.66. The fourth-order valence-electron chi connectivity index (χ4n) is 2.34. The van der Waals surface area contributed by atoms with E-state index < -0.39 is 5.92 Å². The fraction of sp³-hybridized carbons (Fsp3) is 0.900. The molecule has 0 aromatic heterocycles. The van der Waals surface area contributed by atoms with Crippen LogP contribution in [-0.2, 0) is 4.79 Å². The molecule has 2 rings (SSSR count). The maximum Gasteiger partial charge on any atom is 0.252 e. The maximum absolute atomic E-state index is 12.5. The third-order valence-electron chi connectivity index (χ3n) is 3.28. The summed E-state index contributed by atoms with van der Waals surface area (Å²) in [4.78, 5) is 11.6. The van der Waals surface area contributed by atoms with Crippen LogP contribution < -0.4 is 11.1 Å². The van der Waals surface area contributed by atoms with E-state index in [2.05, 4.69) is 5.32 Å². The number of halogens is 2. The van der Waals surface area contributed by atoms with Crippen molar-refractivity contribution in [1.82, 2.24) is 5.32 Å². The normalized spacial score (nSPS) is 34.9. The predicted octanol–water partition coefficient (Wildman–Crippen LogP) is 1.03. The molecule has 0 aliphatic heterocycles. The monoisotopic (exact) mass is 218 g/mol. The number of hydrogen-bond acceptors (Lipinski definition) is 2. The van der Waals surface area contributed by atoms with Gasteiger partial charge in [-0.3, -0.25) is 4.79 Å². The highest BCUT2D eigenvalue weighted by molar-refractivity contribution is 5.79. The van der Waals surface area contributed by atoms with Crippen molar-refractivity contribution >= 4 is 5.91 Å². The molecule has 0 saturated heterocycles. The van der Waals surface area contributed by atoms with Gasteiger partial charge in [0.05, 0.1) is 0 Å². The molecule has 2 aliphatic rings. The van der Waals surface area contributed by atoms with Crippen LogP contribution in [0.5, 0.6) is 0 Å². The first-order chi connectivity index (χ1) is 6.96. The summed E-state index contributed by atoms with van der Waals surface area (Å²) in [5, 5.41) is 2.66. The van der Waals surface area contributed by atoms with E-state index in [1.54, 1.807) is 0 Å². The quantitative estimate of drug-likeness (QED) is 0.727. The Morgan fingerprint density at radius 3 is 2.47 bits per heavy atom. The number of nitrogens with one attached hydrogen (secondary N) is 1. The Balaban J connectivity index is 1.74. The van der Waals surface area contributed by atoms with Gasteiger partial charge in [-0.25, -0.2) is 8.78 Å². The number of nitrogens with two attached hydrogens (primary N) is 1. The molecule has 3 N–H and O–H groups in total. The summed E-state index contributed by atoms with van der Waals surface area (Å²) >= 11 is 0. The lowest BCUT2D eigenvalue weighted by Gasteiger charge is -2.35. The van der Waals surface area contributed by atoms with Gasteiger partial charge in [0.1, 0.15) is 0 Å². The second-order valence-electron chi connectivity index (χ2n) is 4.74. The molecule has 2 aliphatic carbocycles. The van der Waals surface area contributed by atoms with E-state index in [0.29, 0.717) is 6.42 Å². The molecule has 2 fully saturated rings. The molecule has 0 unspecified atom stereocenters. The molecule has 3 nitrogen and oxygen atoms in total. The van der Waals surface area contributed by atoms with Crippen LogP contribution in [0.1, 0.15) is 32.1 Å². The van der Waals surface area contributed by atoms with Crippen LogP contribution in [0.2, 0.25) is 0 Å². The van der Waals surface area contributed by atoms with E-state index in [1.807, 2.05) is 0 Å². The summed E-state index contributed by atoms with van der Waals surface area (Å²) in [7, 11) is 0. The van der Waals surface area contributed by atoms with Gasteiger partial charge >= 0.3 is 0 Å². The third kappa shape index (κ3) is 2.45. The Morgan fingerprint density at radius 1 is 1.33 bits per heavy atom. The summed E-state index contributed by atoms with van der Waals surface area (Å²) in [5.74, 6) is -2.72. The van der Waals surface area contributed by atoms with Gasteiger partial charge in [0.15, 0.2) is 0 Å². The first kappa shape index (κ1) is 10.8. The van der Waals surface area contributed by atoms with Gasteiger partial charge in [0.25, 0.3) is 5.92 Å². The van der Waals surface area contributed by atoms with Crippen LogP contribution in [0.3, 0.4) is 0 Å². The highest BCUT2D eigenvalue weighted by Gasteiger charge is 2.46. The third-order valence-corrected chi connectivity index (χ3v) is 3.28. The van der Waals surface area contributed by atoms with Gasteiger partial charge in [-0.2, -0.15) is 0 Å². The number of rotatable bonds is 2. The maximum atomic E-state index is 12.5. The largest absolute Gasteiger partial charge is 0.353 e. The average Bonchev–Trinajstić information content (AvgIpc) is 2.48. The second kappa shape index (κ2) is 3.70. The zero-order valence-electron chi connectivity index (χ0n) is 8.51. The molecule has 1 amide bonds. The Morgan fingerprint density at radius 2 is 2.00 bits per heavy atom. The molecule has 2 atom stereocenters. The number of hydrogen-bond donors (Lipinski definition) is 2. The van der Waals surface area contributed by atoms with Gasteiger partial charge in [-0.05, 0) is 19.3 Å². The van der Waals surface area contributed by atoms with Crippen molar-refractivity contribution < 1.29 is 13.6 Å². The van der Waals surface area contributed by atoms with Gasteiger partial charge in [-0.15, -0.1) is 0 Å². The van der Waals surface area contributed by atoms with Crippen molar-refractivity contribution in [2.75, 3.05) is 0 Å². The summed E-state index contributed by atoms with van der Waals surface area (Å²) in [6.07, 6.45) is 1.92. The Bertz CT molecular complexity index is 262. The van der Waals surface area contributed by atoms with E-state index >= 15 is 0 Å². The van der Waals surface area contributed by atoms with Crippen molar-refractivity contribution in [3.63, 3.8) is 0 Å². The smallest absolute Gasteiger partial charge is 0.252 e. The van der Waals surface area contributed by atoms with Crippen LogP contribution in [0.25, 0.3) is 0 Å². The SMILES string of the molecule is N[C@H]1CC[C@@H](C(=O)NC2CC(F)(F)C2)C1. The molecular formula is C10H16F2N2O. The standard InChI is InChI=1S/C10H16F2N2O/c11-10(12)4-8(5-10)14-9(15)6-1-2-7(13)3-6/h6-8H,1-5,13H2,(H,14,15)/t6-,7+/m1/s1. The van der Waals surface area contributed by atoms with E-state index in [1.165, 1.54) is 0 Å². The summed E-state index contributed by atoms with van der Waals surface area (Å²) in [6, 6.07) is -0.229. The predicted molar refractivity (Wildman–Crippen MR) is 51.4 cm³/mol. The molecule has 5 heteroatoms. The molecule has 0 radical (unpaired) electrons. The molecule has 0 bridgehead atoms. The second-order valence-corrected chi connectivity index (χ2v) is 4.74. The van der Waals surface area contributed by atoms with Crippen molar-refractivity contribution in [3.8, 4) is 0 Å². The van der Waals surface area contributed by atoms with E-state index in [0.717, 1.165) is 12.8 Å². The van der Waals surface area contributed by atoms with E-state index in [9.17, 15) is 13.6 Å². The average molecular weight is 218 g/mol. The van der Waals surface area contributed by atoms with Crippen molar-refractivity contribution in [2.45, 2.75) is 50.1 Å². The lowest BCUT2D eigenvalue weighted by Crippen LogP contribution is -2.51. The zero-order valence-corrected chi connectivity index (χ0v) is 8.51. The molecule has 2 saturated carbocycles. The molecule has 0 aromatic carbocycles. The van der Waals surface area contributed by atoms with Crippen LogP contribution in [-0.4, -0.2) is 23.9 Å². The molecular weight excluding hydrogens is 202 g/mol. The van der Waals surface area contributed by atoms with Crippen molar-refractivity contribution in [1.29, 1.82) is 0 Å². The number of carbonyl (C=O) groups excluding carboxylic acids is 1. The minimum Gasteiger partial charge on any atom is -0.353 e. The van der Waals surface area contributed by atoms with Crippen molar-refractivity contribution in [2.24, 2.45) is 11.7 Å². The topological polar surface area (TPSA) is 55.1 Å². The number of carbonyl (C=O) groups is 1. The Hall–Kier alpha value is -0.710. The fourth-order valence-corrected chi connectivity index (χ4v) is 2.34. The van der Waals surface area contributed by atoms with Crippen LogP contribution in [0.15, 0.2) is 0 Å². The van der Waals surface area contributed by atoms with Gasteiger partial charge in [-0.1, -0.05) is 0 Å². The van der Waals surface area contributed by atoms with Crippen LogP contribution in [0, 0.1) is 5.92 Å². The first-order valence-electron chi connectivity index (χ1n) is 5.40. The summed E-state index contributed by atoms with van der Waals surface area (Å²) in [6.45, 7) is 0. The zero-order chi connectivity index (χ0) is 11.1. The van der Waals surface area contributed by atoms with Crippen LogP contribution >= 0.6 is 0 Å². The first-order valence-corrected chi connectivity index (χ1v) is 5.40. The minimum absolute atomic E-state index is 0.0609. The Labute approximate surface area is 87.4 Å². The highest BCUT2D eigenvalue weighted by atomic mass is 19.3. The summed E-state index contributed by atoms with van der Waals surface area (Å²) in [5.41, 5.74) is 5.68. The van der Waals surface area contributed by atoms with Crippen molar-refractivity contribution in [3.05, 3.63) is 0 Å². The number of alkyl halides is 2. The molecule has 0 spiro atoms. The molecule has 15 heavy (non-hydrogen) atoms. The molecule has 0 aromatic rings. The van der Waals surface area contributed by atoms with E-state index in [-0.39, 0.29) is 36.8 Å². The van der Waals surface area contributed by atoms with Gasteiger partial charge in [0.2, 0.25) is 5.91 Å². The molecule has 0 heterocycles. The lowest BCUT2D eigenvalue weighted by molar-refractivity contribution is -0.132.